The van der Waals surface area contributed by atoms with Gasteiger partial charge >= 0.3 is 12.1 Å². The van der Waals surface area contributed by atoms with Crippen LogP contribution in [0.2, 0.25) is 0 Å². The Morgan fingerprint density at radius 2 is 1.68 bits per heavy atom. The van der Waals surface area contributed by atoms with Gasteiger partial charge in [-0.2, -0.15) is 0 Å². The molecule has 2 aromatic carbocycles. The molecule has 1 N–H and O–H groups in total. The highest BCUT2D eigenvalue weighted by Gasteiger charge is 2.41. The van der Waals surface area contributed by atoms with Crippen LogP contribution in [0.5, 0.6) is 0 Å². The molecule has 0 saturated heterocycles. The van der Waals surface area contributed by atoms with Crippen LogP contribution in [0.25, 0.3) is 5.57 Å². The highest BCUT2D eigenvalue weighted by molar-refractivity contribution is 5.86. The van der Waals surface area contributed by atoms with Crippen LogP contribution in [-0.4, -0.2) is 47.9 Å². The Kier molecular flexibility index (Phi) is 6.51. The second-order valence-corrected chi connectivity index (χ2v) is 8.55. The second kappa shape index (κ2) is 8.94. The van der Waals surface area contributed by atoms with Crippen LogP contribution in [-0.2, 0) is 19.9 Å². The quantitative estimate of drug-likeness (QED) is 0.749. The van der Waals surface area contributed by atoms with Gasteiger partial charge < -0.3 is 19.5 Å². The molecular formula is C25H29NO5. The molecule has 164 valence electrons. The van der Waals surface area contributed by atoms with Crippen LogP contribution in [0.4, 0.5) is 4.79 Å². The van der Waals surface area contributed by atoms with Crippen LogP contribution >= 0.6 is 0 Å². The first kappa shape index (κ1) is 22.6. The molecule has 0 saturated carbocycles. The van der Waals surface area contributed by atoms with E-state index in [0.29, 0.717) is 30.6 Å². The van der Waals surface area contributed by atoms with Crippen molar-refractivity contribution in [1.82, 2.24) is 4.90 Å². The van der Waals surface area contributed by atoms with Gasteiger partial charge in [-0.3, -0.25) is 0 Å². The SMILES string of the molecule is COC(=O)[C@](O)(c1ccccc1)c1cccc(C2=CCN(C(=O)OC(C)(C)C)CC2)c1. The molecule has 2 aromatic rings. The molecule has 31 heavy (non-hydrogen) atoms. The fraction of sp³-hybridized carbons (Fsp3) is 0.360. The summed E-state index contributed by atoms with van der Waals surface area (Å²) in [6, 6.07) is 16.0. The van der Waals surface area contributed by atoms with E-state index in [1.54, 1.807) is 41.3 Å². The van der Waals surface area contributed by atoms with Crippen molar-refractivity contribution in [3.8, 4) is 0 Å². The highest BCUT2D eigenvalue weighted by Crippen LogP contribution is 2.33. The Hall–Kier alpha value is -3.12. The Balaban J connectivity index is 1.88. The molecule has 6 nitrogen and oxygen atoms in total. The van der Waals surface area contributed by atoms with Gasteiger partial charge in [-0.05, 0) is 50.0 Å². The summed E-state index contributed by atoms with van der Waals surface area (Å²) < 4.78 is 10.4. The first-order valence-corrected chi connectivity index (χ1v) is 10.3. The van der Waals surface area contributed by atoms with Crippen molar-refractivity contribution in [3.05, 3.63) is 77.4 Å². The molecule has 0 aliphatic carbocycles. The minimum Gasteiger partial charge on any atom is -0.466 e. The molecule has 0 aromatic heterocycles. The van der Waals surface area contributed by atoms with Gasteiger partial charge in [0.1, 0.15) is 5.60 Å². The zero-order valence-electron chi connectivity index (χ0n) is 18.4. The molecule has 0 bridgehead atoms. The Bertz CT molecular complexity index is 977. The van der Waals surface area contributed by atoms with Crippen molar-refractivity contribution in [1.29, 1.82) is 0 Å². The van der Waals surface area contributed by atoms with E-state index in [2.05, 4.69) is 0 Å². The van der Waals surface area contributed by atoms with Crippen molar-refractivity contribution in [2.24, 2.45) is 0 Å². The van der Waals surface area contributed by atoms with Crippen LogP contribution < -0.4 is 0 Å². The molecule has 6 heteroatoms. The lowest BCUT2D eigenvalue weighted by Crippen LogP contribution is -2.39. The van der Waals surface area contributed by atoms with Crippen molar-refractivity contribution in [2.75, 3.05) is 20.2 Å². The number of amides is 1. The van der Waals surface area contributed by atoms with Crippen LogP contribution in [0, 0.1) is 0 Å². The number of nitrogens with zero attached hydrogens (tertiary/aromatic N) is 1. The predicted molar refractivity (Wildman–Crippen MR) is 118 cm³/mol. The molecule has 1 amide bonds. The number of benzene rings is 2. The molecule has 0 spiro atoms. The third-order valence-corrected chi connectivity index (χ3v) is 5.18. The van der Waals surface area contributed by atoms with E-state index < -0.39 is 17.2 Å². The molecule has 0 fully saturated rings. The van der Waals surface area contributed by atoms with Crippen molar-refractivity contribution in [3.63, 3.8) is 0 Å². The zero-order valence-corrected chi connectivity index (χ0v) is 18.4. The zero-order chi connectivity index (χ0) is 22.6. The van der Waals surface area contributed by atoms with E-state index in [4.69, 9.17) is 9.47 Å². The van der Waals surface area contributed by atoms with E-state index in [-0.39, 0.29) is 6.09 Å². The number of esters is 1. The number of ether oxygens (including phenoxy) is 2. The lowest BCUT2D eigenvalue weighted by molar-refractivity contribution is -0.158. The molecule has 1 atom stereocenters. The summed E-state index contributed by atoms with van der Waals surface area (Å²) in [6.45, 7) is 6.50. The standard InChI is InChI=1S/C25H29NO5/c1-24(2,3)31-23(28)26-15-13-18(14-16-26)19-9-8-12-21(17-19)25(29,22(27)30-4)20-10-6-5-7-11-20/h5-13,17,29H,14-16H2,1-4H3/t25-/m0/s1. The maximum atomic E-state index is 12.6. The molecule has 3 rings (SSSR count). The van der Waals surface area contributed by atoms with E-state index in [0.717, 1.165) is 11.1 Å². The van der Waals surface area contributed by atoms with E-state index in [1.165, 1.54) is 7.11 Å². The Labute approximate surface area is 183 Å². The number of methoxy groups -OCH3 is 1. The summed E-state index contributed by atoms with van der Waals surface area (Å²) in [5.74, 6) is -0.746. The van der Waals surface area contributed by atoms with E-state index in [9.17, 15) is 14.7 Å². The summed E-state index contributed by atoms with van der Waals surface area (Å²) in [6.07, 6.45) is 2.29. The van der Waals surface area contributed by atoms with Crippen LogP contribution in [0.3, 0.4) is 0 Å². The summed E-state index contributed by atoms with van der Waals surface area (Å²) in [4.78, 5) is 26.6. The van der Waals surface area contributed by atoms with Gasteiger partial charge in [0.05, 0.1) is 7.11 Å². The molecular weight excluding hydrogens is 394 g/mol. The molecule has 0 radical (unpaired) electrons. The van der Waals surface area contributed by atoms with Gasteiger partial charge in [0.2, 0.25) is 5.60 Å². The second-order valence-electron chi connectivity index (χ2n) is 8.55. The smallest absolute Gasteiger partial charge is 0.410 e. The normalized spacial score (nSPS) is 16.2. The average Bonchev–Trinajstić information content (AvgIpc) is 2.77. The highest BCUT2D eigenvalue weighted by atomic mass is 16.6. The van der Waals surface area contributed by atoms with Crippen molar-refractivity contribution >= 4 is 17.6 Å². The molecule has 1 aliphatic heterocycles. The minimum atomic E-state index is -1.91. The van der Waals surface area contributed by atoms with Gasteiger partial charge in [0, 0.05) is 18.7 Å². The van der Waals surface area contributed by atoms with Gasteiger partial charge in [0.15, 0.2) is 0 Å². The first-order valence-electron chi connectivity index (χ1n) is 10.3. The number of rotatable bonds is 4. The van der Waals surface area contributed by atoms with Gasteiger partial charge in [-0.25, -0.2) is 9.59 Å². The molecule has 0 unspecified atom stereocenters. The number of hydrogen-bond acceptors (Lipinski definition) is 5. The predicted octanol–water partition coefficient (Wildman–Crippen LogP) is 4.12. The van der Waals surface area contributed by atoms with E-state index >= 15 is 0 Å². The molecule has 1 heterocycles. The number of hydrogen-bond donors (Lipinski definition) is 1. The summed E-state index contributed by atoms with van der Waals surface area (Å²) in [5.41, 5.74) is 0.349. The number of aliphatic hydroxyl groups is 1. The van der Waals surface area contributed by atoms with Crippen molar-refractivity contribution < 1.29 is 24.2 Å². The Morgan fingerprint density at radius 3 is 2.26 bits per heavy atom. The minimum absolute atomic E-state index is 0.333. The lowest BCUT2D eigenvalue weighted by atomic mass is 9.84. The van der Waals surface area contributed by atoms with Gasteiger partial charge in [-0.15, -0.1) is 0 Å². The molecule has 1 aliphatic rings. The van der Waals surface area contributed by atoms with Gasteiger partial charge in [0.25, 0.3) is 0 Å². The summed E-state index contributed by atoms with van der Waals surface area (Å²) in [5, 5.41) is 11.4. The fourth-order valence-electron chi connectivity index (χ4n) is 3.60. The Morgan fingerprint density at radius 1 is 1.00 bits per heavy atom. The lowest BCUT2D eigenvalue weighted by Gasteiger charge is -2.30. The maximum Gasteiger partial charge on any atom is 0.410 e. The van der Waals surface area contributed by atoms with E-state index in [1.807, 2.05) is 45.0 Å². The third kappa shape index (κ3) is 4.97. The fourth-order valence-corrected chi connectivity index (χ4v) is 3.60. The van der Waals surface area contributed by atoms with Gasteiger partial charge in [-0.1, -0.05) is 54.6 Å². The topological polar surface area (TPSA) is 76.1 Å². The van der Waals surface area contributed by atoms with Crippen LogP contribution in [0.1, 0.15) is 43.9 Å². The third-order valence-electron chi connectivity index (χ3n) is 5.18. The maximum absolute atomic E-state index is 12.6. The monoisotopic (exact) mass is 423 g/mol. The number of carbonyl (C=O) groups is 2. The first-order chi connectivity index (χ1) is 14.6. The average molecular weight is 424 g/mol. The number of carbonyl (C=O) groups excluding carboxylic acids is 2. The van der Waals surface area contributed by atoms with Crippen molar-refractivity contribution in [2.45, 2.75) is 38.4 Å². The summed E-state index contributed by atoms with van der Waals surface area (Å²) >= 11 is 0. The van der Waals surface area contributed by atoms with Crippen LogP contribution in [0.15, 0.2) is 60.7 Å². The summed E-state index contributed by atoms with van der Waals surface area (Å²) in [7, 11) is 1.26. The largest absolute Gasteiger partial charge is 0.466 e.